The van der Waals surface area contributed by atoms with Gasteiger partial charge in [-0.05, 0) is 44.7 Å². The van der Waals surface area contributed by atoms with Crippen LogP contribution in [0, 0.1) is 0 Å². The molecule has 0 aromatic carbocycles. The molecule has 0 unspecified atom stereocenters. The van der Waals surface area contributed by atoms with Gasteiger partial charge in [-0.2, -0.15) is 0 Å². The van der Waals surface area contributed by atoms with Crippen molar-refractivity contribution in [2.24, 2.45) is 4.99 Å². The highest BCUT2D eigenvalue weighted by Crippen LogP contribution is 2.20. The Morgan fingerprint density at radius 3 is 2.85 bits per heavy atom. The van der Waals surface area contributed by atoms with Crippen molar-refractivity contribution in [2.75, 3.05) is 19.6 Å². The van der Waals surface area contributed by atoms with Crippen LogP contribution in [0.5, 0.6) is 0 Å². The third-order valence-electron chi connectivity index (χ3n) is 3.51. The van der Waals surface area contributed by atoms with Crippen LogP contribution in [-0.2, 0) is 6.54 Å². The number of nitrogens with one attached hydrogen (secondary N) is 2. The van der Waals surface area contributed by atoms with Gasteiger partial charge in [0.15, 0.2) is 5.96 Å². The van der Waals surface area contributed by atoms with Gasteiger partial charge in [-0.3, -0.25) is 4.99 Å². The molecule has 0 bridgehead atoms. The predicted octanol–water partition coefficient (Wildman–Crippen LogP) is 2.54. The Labute approximate surface area is 122 Å². The van der Waals surface area contributed by atoms with E-state index in [1.165, 1.54) is 19.3 Å². The molecule has 0 radical (unpaired) electrons. The van der Waals surface area contributed by atoms with Crippen LogP contribution in [0.2, 0.25) is 0 Å². The molecule has 0 fully saturated rings. The van der Waals surface area contributed by atoms with Gasteiger partial charge >= 0.3 is 0 Å². The van der Waals surface area contributed by atoms with Gasteiger partial charge in [0.05, 0.1) is 0 Å². The molecule has 2 N–H and O–H groups in total. The van der Waals surface area contributed by atoms with Crippen LogP contribution in [0.1, 0.15) is 32.6 Å². The van der Waals surface area contributed by atoms with Crippen molar-refractivity contribution >= 4 is 5.96 Å². The topological polar surface area (TPSA) is 41.4 Å². The first-order chi connectivity index (χ1) is 9.88. The van der Waals surface area contributed by atoms with Crippen LogP contribution in [0.25, 0.3) is 0 Å². The summed E-state index contributed by atoms with van der Waals surface area (Å²) >= 11 is 0. The second kappa shape index (κ2) is 8.46. The van der Waals surface area contributed by atoms with Crippen molar-refractivity contribution in [2.45, 2.75) is 39.2 Å². The maximum absolute atomic E-state index is 4.64. The van der Waals surface area contributed by atoms with Crippen LogP contribution >= 0.6 is 0 Å². The lowest BCUT2D eigenvalue weighted by Gasteiger charge is -2.11. The van der Waals surface area contributed by atoms with E-state index in [1.54, 1.807) is 5.57 Å². The van der Waals surface area contributed by atoms with Gasteiger partial charge in [0.1, 0.15) is 0 Å². The molecule has 0 spiro atoms. The molecule has 1 aromatic rings. The zero-order valence-electron chi connectivity index (χ0n) is 12.4. The van der Waals surface area contributed by atoms with E-state index >= 15 is 0 Å². The number of nitrogens with zero attached hydrogens (tertiary/aromatic N) is 2. The van der Waals surface area contributed by atoms with Crippen molar-refractivity contribution in [1.82, 2.24) is 15.2 Å². The third kappa shape index (κ3) is 5.11. The summed E-state index contributed by atoms with van der Waals surface area (Å²) < 4.78 is 2.17. The minimum absolute atomic E-state index is 0.880. The van der Waals surface area contributed by atoms with E-state index in [1.807, 2.05) is 0 Å². The van der Waals surface area contributed by atoms with Crippen LogP contribution < -0.4 is 10.6 Å². The molecule has 0 atom stereocenters. The average Bonchev–Trinajstić information content (AvgIpc) is 3.11. The lowest BCUT2D eigenvalue weighted by molar-refractivity contribution is 0.665. The minimum atomic E-state index is 0.880. The van der Waals surface area contributed by atoms with Crippen LogP contribution in [0.3, 0.4) is 0 Å². The lowest BCUT2D eigenvalue weighted by atomic mass is 10.2. The lowest BCUT2D eigenvalue weighted by Crippen LogP contribution is -2.38. The summed E-state index contributed by atoms with van der Waals surface area (Å²) in [4.78, 5) is 4.64. The molecular formula is C16H26N4. The summed E-state index contributed by atoms with van der Waals surface area (Å²) in [6, 6.07) is 4.10. The van der Waals surface area contributed by atoms with Crippen LogP contribution in [-0.4, -0.2) is 30.2 Å². The molecule has 0 saturated carbocycles. The maximum atomic E-state index is 4.64. The fourth-order valence-electron chi connectivity index (χ4n) is 2.44. The number of guanidine groups is 1. The van der Waals surface area contributed by atoms with E-state index in [0.29, 0.717) is 0 Å². The van der Waals surface area contributed by atoms with Crippen molar-refractivity contribution < 1.29 is 0 Å². The highest BCUT2D eigenvalue weighted by molar-refractivity contribution is 5.79. The van der Waals surface area contributed by atoms with E-state index in [2.05, 4.69) is 57.7 Å². The van der Waals surface area contributed by atoms with E-state index < -0.39 is 0 Å². The fraction of sp³-hybridized carbons (Fsp3) is 0.562. The van der Waals surface area contributed by atoms with Gasteiger partial charge in [0.2, 0.25) is 0 Å². The summed E-state index contributed by atoms with van der Waals surface area (Å²) in [5, 5.41) is 6.68. The van der Waals surface area contributed by atoms with Crippen molar-refractivity contribution in [1.29, 1.82) is 0 Å². The molecule has 2 rings (SSSR count). The molecule has 4 heteroatoms. The quantitative estimate of drug-likeness (QED) is 0.456. The number of allylic oxidation sites excluding steroid dienone is 1. The van der Waals surface area contributed by atoms with Gasteiger partial charge in [0, 0.05) is 38.6 Å². The highest BCUT2D eigenvalue weighted by atomic mass is 15.2. The number of hydrogen-bond donors (Lipinski definition) is 2. The van der Waals surface area contributed by atoms with Gasteiger partial charge < -0.3 is 15.2 Å². The Kier molecular flexibility index (Phi) is 6.21. The zero-order valence-corrected chi connectivity index (χ0v) is 12.4. The third-order valence-corrected chi connectivity index (χ3v) is 3.51. The summed E-state index contributed by atoms with van der Waals surface area (Å²) in [5.74, 6) is 0.929. The summed E-state index contributed by atoms with van der Waals surface area (Å²) in [5.41, 5.74) is 1.58. The Bertz CT molecular complexity index is 431. The van der Waals surface area contributed by atoms with Gasteiger partial charge in [-0.15, -0.1) is 0 Å². The smallest absolute Gasteiger partial charge is 0.191 e. The Balaban J connectivity index is 1.70. The maximum Gasteiger partial charge on any atom is 0.191 e. The molecule has 1 heterocycles. The molecule has 1 aliphatic carbocycles. The molecule has 110 valence electrons. The van der Waals surface area contributed by atoms with Crippen LogP contribution in [0.15, 0.2) is 41.2 Å². The monoisotopic (exact) mass is 274 g/mol. The number of aromatic nitrogens is 1. The Hall–Kier alpha value is -1.71. The predicted molar refractivity (Wildman–Crippen MR) is 85.0 cm³/mol. The first kappa shape index (κ1) is 14.7. The number of hydrogen-bond acceptors (Lipinski definition) is 1. The zero-order chi connectivity index (χ0) is 14.0. The molecule has 4 nitrogen and oxygen atoms in total. The standard InChI is InChI=1S/C16H26N4/c1-2-17-16(18-10-9-15-7-3-4-8-15)19-11-14-20-12-5-6-13-20/h5-7,12-13H,2-4,8-11,14H2,1H3,(H2,17,18,19). The SMILES string of the molecule is CCNC(=NCCC1=CCCC1)NCCn1cccc1. The Morgan fingerprint density at radius 2 is 2.15 bits per heavy atom. The second-order valence-electron chi connectivity index (χ2n) is 5.11. The van der Waals surface area contributed by atoms with Crippen molar-refractivity contribution in [3.63, 3.8) is 0 Å². The van der Waals surface area contributed by atoms with Crippen LogP contribution in [0.4, 0.5) is 0 Å². The van der Waals surface area contributed by atoms with Gasteiger partial charge in [-0.1, -0.05) is 11.6 Å². The second-order valence-corrected chi connectivity index (χ2v) is 5.11. The average molecular weight is 274 g/mol. The van der Waals surface area contributed by atoms with Gasteiger partial charge in [0.25, 0.3) is 0 Å². The molecule has 20 heavy (non-hydrogen) atoms. The molecular weight excluding hydrogens is 248 g/mol. The van der Waals surface area contributed by atoms with Gasteiger partial charge in [-0.25, -0.2) is 0 Å². The molecule has 1 aliphatic rings. The van der Waals surface area contributed by atoms with E-state index in [9.17, 15) is 0 Å². The molecule has 0 amide bonds. The van der Waals surface area contributed by atoms with Crippen molar-refractivity contribution in [3.05, 3.63) is 36.2 Å². The molecule has 1 aromatic heterocycles. The van der Waals surface area contributed by atoms with E-state index in [0.717, 1.165) is 38.6 Å². The minimum Gasteiger partial charge on any atom is -0.357 e. The largest absolute Gasteiger partial charge is 0.357 e. The normalized spacial score (nSPS) is 15.2. The van der Waals surface area contributed by atoms with E-state index in [-0.39, 0.29) is 0 Å². The summed E-state index contributed by atoms with van der Waals surface area (Å²) in [6.45, 7) is 5.73. The number of aliphatic imine (C=N–C) groups is 1. The number of rotatable bonds is 7. The Morgan fingerprint density at radius 1 is 1.30 bits per heavy atom. The first-order valence-corrected chi connectivity index (χ1v) is 7.69. The summed E-state index contributed by atoms with van der Waals surface area (Å²) in [7, 11) is 0. The molecule has 0 saturated heterocycles. The highest BCUT2D eigenvalue weighted by Gasteiger charge is 2.03. The fourth-order valence-corrected chi connectivity index (χ4v) is 2.44. The van der Waals surface area contributed by atoms with Crippen molar-refractivity contribution in [3.8, 4) is 0 Å². The molecule has 0 aliphatic heterocycles. The first-order valence-electron chi connectivity index (χ1n) is 7.69. The van der Waals surface area contributed by atoms with E-state index in [4.69, 9.17) is 0 Å². The summed E-state index contributed by atoms with van der Waals surface area (Å²) in [6.07, 6.45) is 11.5.